The summed E-state index contributed by atoms with van der Waals surface area (Å²) in [6.45, 7) is 41.6. The van der Waals surface area contributed by atoms with Crippen LogP contribution in [0.1, 0.15) is 124 Å². The van der Waals surface area contributed by atoms with Crippen molar-refractivity contribution in [1.29, 1.82) is 0 Å². The molecule has 0 amide bonds. The van der Waals surface area contributed by atoms with E-state index in [9.17, 15) is 0 Å². The normalized spacial score (nSPS) is 19.5. The minimum atomic E-state index is -0.0199. The van der Waals surface area contributed by atoms with Crippen LogP contribution in [0.5, 0.6) is 0 Å². The van der Waals surface area contributed by atoms with E-state index in [1.54, 1.807) is 0 Å². The van der Waals surface area contributed by atoms with Gasteiger partial charge in [0.1, 0.15) is 0 Å². The molecule has 0 atom stereocenters. The van der Waals surface area contributed by atoms with Crippen LogP contribution >= 0.6 is 15.8 Å². The minimum Gasteiger partial charge on any atom is -0.325 e. The lowest BCUT2D eigenvalue weighted by atomic mass is 9.82. The second-order valence-corrected chi connectivity index (χ2v) is 23.3. The van der Waals surface area contributed by atoms with E-state index < -0.39 is 0 Å². The fraction of sp³-hybridized carbons (Fsp3) is 1.00. The Morgan fingerprint density at radius 3 is 0.943 bits per heavy atom. The molecule has 1 saturated heterocycles. The smallest absolute Gasteiger partial charge is 0.314 e. The van der Waals surface area contributed by atoms with Crippen molar-refractivity contribution in [3.8, 4) is 0 Å². The van der Waals surface area contributed by atoms with Gasteiger partial charge >= 0.3 is 7.55 Å². The highest BCUT2D eigenvalue weighted by Crippen LogP contribution is 2.60. The van der Waals surface area contributed by atoms with E-state index in [0.717, 1.165) is 0 Å². The zero-order valence-corrected chi connectivity index (χ0v) is 28.6. The molecule has 0 bridgehead atoms. The van der Waals surface area contributed by atoms with Crippen LogP contribution < -0.4 is 0 Å². The maximum atomic E-state index is 2.67. The number of hydrogen-bond acceptors (Lipinski definition) is 2. The second-order valence-electron chi connectivity index (χ2n) is 15.3. The summed E-state index contributed by atoms with van der Waals surface area (Å²) in [5.74, 6) is 0. The molecule has 0 saturated carbocycles. The van der Waals surface area contributed by atoms with Gasteiger partial charge in [-0.05, 0) is 86.6 Å². The maximum Gasteiger partial charge on any atom is 0.314 e. The van der Waals surface area contributed by atoms with Crippen molar-refractivity contribution in [3.05, 3.63) is 0 Å². The van der Waals surface area contributed by atoms with Crippen LogP contribution in [0.25, 0.3) is 0 Å². The summed E-state index contributed by atoms with van der Waals surface area (Å²) in [7, 11) is 2.45. The van der Waals surface area contributed by atoms with Gasteiger partial charge in [-0.2, -0.15) is 0 Å². The molecule has 7 radical (unpaired) electrons. The Hall–Kier alpha value is 0.975. The Balaban J connectivity index is 0. The summed E-state index contributed by atoms with van der Waals surface area (Å²) >= 11 is 0. The zero-order valence-electron chi connectivity index (χ0n) is 26.8. The maximum absolute atomic E-state index is 2.67. The molecule has 2 nitrogen and oxygen atoms in total. The molecule has 0 aromatic heterocycles. The second kappa shape index (κ2) is 12.9. The fourth-order valence-corrected chi connectivity index (χ4v) is 13.6. The summed E-state index contributed by atoms with van der Waals surface area (Å²) in [5, 5.41) is 1.67. The Bertz CT molecular complexity index is 544. The summed E-state index contributed by atoms with van der Waals surface area (Å²) in [6.07, 6.45) is 5.32. The van der Waals surface area contributed by atoms with Gasteiger partial charge in [-0.3, -0.25) is 0 Å². The van der Waals surface area contributed by atoms with Gasteiger partial charge < -0.3 is 9.62 Å². The molecule has 35 heavy (non-hydrogen) atoms. The predicted molar refractivity (Wildman–Crippen MR) is 171 cm³/mol. The first-order valence-corrected chi connectivity index (χ1v) is 16.4. The highest BCUT2D eigenvalue weighted by atomic mass is 31.1. The highest BCUT2D eigenvalue weighted by Gasteiger charge is 2.52. The van der Waals surface area contributed by atoms with Crippen LogP contribution in [0.4, 0.5) is 0 Å². The van der Waals surface area contributed by atoms with Crippen LogP contribution in [-0.4, -0.2) is 91.1 Å². The molecular formula is C28H60B3N2P2. The van der Waals surface area contributed by atoms with Crippen molar-refractivity contribution >= 4 is 40.2 Å². The molecule has 1 aliphatic rings. The van der Waals surface area contributed by atoms with Crippen molar-refractivity contribution in [2.24, 2.45) is 0 Å². The fourth-order valence-electron chi connectivity index (χ4n) is 5.99. The lowest BCUT2D eigenvalue weighted by Gasteiger charge is -2.45. The van der Waals surface area contributed by atoms with Crippen LogP contribution in [0, 0.1) is 0 Å². The lowest BCUT2D eigenvalue weighted by Crippen LogP contribution is -2.54. The van der Waals surface area contributed by atoms with Crippen molar-refractivity contribution in [2.75, 3.05) is 25.4 Å². The van der Waals surface area contributed by atoms with E-state index in [4.69, 9.17) is 0 Å². The predicted octanol–water partition coefficient (Wildman–Crippen LogP) is 7.87. The minimum absolute atomic E-state index is 0. The molecular weight excluding hydrogens is 459 g/mol. The first-order chi connectivity index (χ1) is 14.4. The Labute approximate surface area is 230 Å². The van der Waals surface area contributed by atoms with Crippen molar-refractivity contribution < 1.29 is 0 Å². The molecule has 0 aromatic rings. The van der Waals surface area contributed by atoms with E-state index in [0.29, 0.717) is 20.6 Å². The van der Waals surface area contributed by atoms with Gasteiger partial charge in [0.15, 0.2) is 0 Å². The van der Waals surface area contributed by atoms with Crippen LogP contribution in [-0.2, 0) is 0 Å². The molecule has 201 valence electrons. The van der Waals surface area contributed by atoms with Gasteiger partial charge in [0, 0.05) is 27.9 Å². The molecule has 0 unspecified atom stereocenters. The summed E-state index contributed by atoms with van der Waals surface area (Å²) in [6, 6.07) is 0. The Morgan fingerprint density at radius 2 is 0.743 bits per heavy atom. The molecule has 0 aromatic carbocycles. The van der Waals surface area contributed by atoms with Crippen molar-refractivity contribution in [2.45, 2.75) is 155 Å². The molecule has 0 aliphatic carbocycles. The van der Waals surface area contributed by atoms with Crippen molar-refractivity contribution in [3.63, 3.8) is 0 Å². The van der Waals surface area contributed by atoms with E-state index in [1.165, 1.54) is 38.3 Å². The van der Waals surface area contributed by atoms with E-state index in [2.05, 4.69) is 128 Å². The van der Waals surface area contributed by atoms with Gasteiger partial charge in [-0.15, -0.1) is 0 Å². The van der Waals surface area contributed by atoms with E-state index >= 15 is 0 Å². The molecule has 0 N–H and O–H groups in total. The molecule has 0 spiro atoms. The van der Waals surface area contributed by atoms with Crippen molar-refractivity contribution in [1.82, 2.24) is 9.62 Å². The molecule has 1 rings (SSSR count). The summed E-state index contributed by atoms with van der Waals surface area (Å²) < 4.78 is 0. The van der Waals surface area contributed by atoms with E-state index in [1.807, 2.05) is 0 Å². The lowest BCUT2D eigenvalue weighted by molar-refractivity contribution is 0.108. The van der Waals surface area contributed by atoms with Gasteiger partial charge in [-0.1, -0.05) is 98.9 Å². The third kappa shape index (κ3) is 9.90. The monoisotopic (exact) mass is 519 g/mol. The molecule has 1 heterocycles. The van der Waals surface area contributed by atoms with Crippen LogP contribution in [0.2, 0.25) is 0 Å². The van der Waals surface area contributed by atoms with Gasteiger partial charge in [0.25, 0.3) is 0 Å². The topological polar surface area (TPSA) is 6.48 Å². The number of hydrogen-bond donors (Lipinski definition) is 0. The first-order valence-electron chi connectivity index (χ1n) is 13.4. The van der Waals surface area contributed by atoms with Gasteiger partial charge in [0.2, 0.25) is 0 Å². The third-order valence-electron chi connectivity index (χ3n) is 8.01. The Morgan fingerprint density at radius 1 is 0.514 bits per heavy atom. The molecule has 1 fully saturated rings. The first kappa shape index (κ1) is 38.1. The quantitative estimate of drug-likeness (QED) is 0.238. The summed E-state index contributed by atoms with van der Waals surface area (Å²) in [5.41, 5.74) is 0.302. The van der Waals surface area contributed by atoms with Crippen LogP contribution in [0.15, 0.2) is 0 Å². The summed E-state index contributed by atoms with van der Waals surface area (Å²) in [4.78, 5) is 5.34. The number of rotatable bonds is 8. The SMILES string of the molecule is CC(C)(C)P(CCCN1[B]N(CCCP(C(C)(C)C)C(C)(C)C)C(C)(C)C1(C)C)C(C)(C)C.[B].[B]. The molecule has 7 heteroatoms. The number of nitrogens with zero attached hydrogens (tertiary/aromatic N) is 2. The average Bonchev–Trinajstić information content (AvgIpc) is 2.69. The van der Waals surface area contributed by atoms with Crippen LogP contribution in [0.3, 0.4) is 0 Å². The average molecular weight is 519 g/mol. The Kier molecular flexibility index (Phi) is 14.0. The largest absolute Gasteiger partial charge is 0.325 e. The van der Waals surface area contributed by atoms with Gasteiger partial charge in [-0.25, -0.2) is 0 Å². The zero-order chi connectivity index (χ0) is 26.3. The standard InChI is InChI=1S/C28H60BN2P2.2B/c1-23(2,3)32(24(4,5)6)21-17-19-30-27(13,14)28(15,16)31(29-30)20-18-22-33(25(7,8)9)26(10,11)12;;/h17-22H2,1-16H3;;. The molecule has 1 aliphatic heterocycles. The van der Waals surface area contributed by atoms with E-state index in [-0.39, 0.29) is 43.7 Å². The van der Waals surface area contributed by atoms with Gasteiger partial charge in [0.05, 0.1) is 0 Å². The highest BCUT2D eigenvalue weighted by molar-refractivity contribution is 7.61. The third-order valence-corrected chi connectivity index (χ3v) is 16.0.